The van der Waals surface area contributed by atoms with E-state index in [0.717, 1.165) is 0 Å². The molecule has 2 heteroatoms. The van der Waals surface area contributed by atoms with Gasteiger partial charge in [0.05, 0.1) is 0 Å². The van der Waals surface area contributed by atoms with E-state index in [1.165, 1.54) is 0 Å². The van der Waals surface area contributed by atoms with Crippen molar-refractivity contribution in [1.29, 1.82) is 0 Å². The van der Waals surface area contributed by atoms with Gasteiger partial charge < -0.3 is 0 Å². The molecule has 0 bridgehead atoms. The van der Waals surface area contributed by atoms with Crippen LogP contribution < -0.4 is 0 Å². The van der Waals surface area contributed by atoms with Crippen molar-refractivity contribution in [2.24, 2.45) is 41.4 Å². The predicted molar refractivity (Wildman–Crippen MR) is 92.3 cm³/mol. The van der Waals surface area contributed by atoms with Gasteiger partial charge in [-0.15, -0.1) is 0 Å². The zero-order valence-corrected chi connectivity index (χ0v) is 14.9. The summed E-state index contributed by atoms with van der Waals surface area (Å²) in [5.74, 6) is 3.03. The number of rotatable bonds is 3. The van der Waals surface area contributed by atoms with Crippen LogP contribution in [-0.4, -0.2) is 10.9 Å². The second-order valence-electron chi connectivity index (χ2n) is 7.66. The van der Waals surface area contributed by atoms with Crippen LogP contribution in [0.2, 0.25) is 0 Å². The van der Waals surface area contributed by atoms with Gasteiger partial charge in [0.25, 0.3) is 0 Å². The van der Waals surface area contributed by atoms with Crippen molar-refractivity contribution in [3.05, 3.63) is 36.5 Å². The van der Waals surface area contributed by atoms with E-state index in [1.807, 2.05) is 0 Å². The molecular weight excluding hydrogens is 272 g/mol. The van der Waals surface area contributed by atoms with Gasteiger partial charge in [0.1, 0.15) is 5.60 Å². The number of hydrogen-bond acceptors (Lipinski definition) is 2. The second kappa shape index (κ2) is 6.72. The Morgan fingerprint density at radius 1 is 0.864 bits per heavy atom. The highest BCUT2D eigenvalue weighted by Gasteiger charge is 2.44. The van der Waals surface area contributed by atoms with Gasteiger partial charge in [-0.25, -0.2) is 4.89 Å². The Balaban J connectivity index is 2.29. The van der Waals surface area contributed by atoms with Crippen molar-refractivity contribution in [2.75, 3.05) is 0 Å². The van der Waals surface area contributed by atoms with E-state index in [2.05, 4.69) is 78.0 Å². The third-order valence-electron chi connectivity index (χ3n) is 6.41. The Morgan fingerprint density at radius 3 is 2.09 bits per heavy atom. The summed E-state index contributed by atoms with van der Waals surface area (Å²) in [5.41, 5.74) is -0.613. The first kappa shape index (κ1) is 17.5. The summed E-state index contributed by atoms with van der Waals surface area (Å²) in [6, 6.07) is 0. The first-order chi connectivity index (χ1) is 10.3. The van der Waals surface area contributed by atoms with Crippen molar-refractivity contribution >= 4 is 0 Å². The molecule has 0 saturated heterocycles. The van der Waals surface area contributed by atoms with E-state index in [0.29, 0.717) is 29.6 Å². The highest BCUT2D eigenvalue weighted by molar-refractivity contribution is 5.20. The molecule has 0 heterocycles. The van der Waals surface area contributed by atoms with Crippen LogP contribution in [0.4, 0.5) is 0 Å². The quantitative estimate of drug-likeness (QED) is 0.433. The molecule has 0 spiro atoms. The fourth-order valence-electron chi connectivity index (χ4n) is 4.08. The van der Waals surface area contributed by atoms with E-state index in [9.17, 15) is 5.26 Å². The first-order valence-corrected chi connectivity index (χ1v) is 8.72. The largest absolute Gasteiger partial charge is 0.251 e. The normalized spacial score (nSPS) is 49.0. The van der Waals surface area contributed by atoms with Gasteiger partial charge in [0.15, 0.2) is 0 Å². The van der Waals surface area contributed by atoms with Crippen LogP contribution in [0.15, 0.2) is 36.5 Å². The molecule has 1 N–H and O–H groups in total. The van der Waals surface area contributed by atoms with E-state index >= 15 is 0 Å². The van der Waals surface area contributed by atoms with Crippen LogP contribution >= 0.6 is 0 Å². The molecular formula is C20H32O2. The average molecular weight is 304 g/mol. The SMILES string of the molecule is CC1C=CC(C)C(C=CC2(OO)C(C)C=CC(C)C2C)C1C. The Bertz CT molecular complexity index is 464. The molecule has 0 aromatic heterocycles. The summed E-state index contributed by atoms with van der Waals surface area (Å²) in [7, 11) is 0. The average Bonchev–Trinajstić information content (AvgIpc) is 2.50. The van der Waals surface area contributed by atoms with Crippen LogP contribution in [0.25, 0.3) is 0 Å². The van der Waals surface area contributed by atoms with E-state index < -0.39 is 5.60 Å². The zero-order chi connectivity index (χ0) is 16.5. The molecule has 0 aliphatic heterocycles. The molecule has 2 rings (SSSR count). The van der Waals surface area contributed by atoms with Crippen LogP contribution in [-0.2, 0) is 4.89 Å². The third-order valence-corrected chi connectivity index (χ3v) is 6.41. The molecule has 0 aromatic carbocycles. The summed E-state index contributed by atoms with van der Waals surface area (Å²) in [5, 5.41) is 9.71. The Morgan fingerprint density at radius 2 is 1.45 bits per heavy atom. The lowest BCUT2D eigenvalue weighted by atomic mass is 9.67. The van der Waals surface area contributed by atoms with Crippen molar-refractivity contribution in [3.63, 3.8) is 0 Å². The van der Waals surface area contributed by atoms with E-state index in [1.54, 1.807) is 0 Å². The molecule has 0 radical (unpaired) electrons. The smallest absolute Gasteiger partial charge is 0.130 e. The van der Waals surface area contributed by atoms with E-state index in [-0.39, 0.29) is 11.8 Å². The van der Waals surface area contributed by atoms with E-state index in [4.69, 9.17) is 4.89 Å². The van der Waals surface area contributed by atoms with Crippen molar-refractivity contribution in [3.8, 4) is 0 Å². The Labute approximate surface area is 135 Å². The van der Waals surface area contributed by atoms with Crippen LogP contribution in [0.3, 0.4) is 0 Å². The molecule has 2 aliphatic rings. The maximum Gasteiger partial charge on any atom is 0.130 e. The molecule has 0 saturated carbocycles. The van der Waals surface area contributed by atoms with Crippen molar-refractivity contribution in [1.82, 2.24) is 0 Å². The Kier molecular flexibility index (Phi) is 5.34. The van der Waals surface area contributed by atoms with Gasteiger partial charge >= 0.3 is 0 Å². The number of hydrogen-bond donors (Lipinski definition) is 1. The summed E-state index contributed by atoms with van der Waals surface area (Å²) < 4.78 is 0. The summed E-state index contributed by atoms with van der Waals surface area (Å²) in [6.45, 7) is 13.4. The highest BCUT2D eigenvalue weighted by atomic mass is 17.1. The van der Waals surface area contributed by atoms with Gasteiger partial charge in [-0.05, 0) is 35.5 Å². The fraction of sp³-hybridized carbons (Fsp3) is 0.700. The van der Waals surface area contributed by atoms with Gasteiger partial charge in [0.2, 0.25) is 0 Å². The van der Waals surface area contributed by atoms with Crippen LogP contribution in [0, 0.1) is 41.4 Å². The molecule has 124 valence electrons. The maximum absolute atomic E-state index is 9.71. The van der Waals surface area contributed by atoms with Crippen LogP contribution in [0.1, 0.15) is 41.5 Å². The van der Waals surface area contributed by atoms with Gasteiger partial charge in [-0.2, -0.15) is 0 Å². The first-order valence-electron chi connectivity index (χ1n) is 8.72. The molecule has 0 amide bonds. The summed E-state index contributed by atoms with van der Waals surface area (Å²) in [6.07, 6.45) is 13.5. The molecule has 8 unspecified atom stereocenters. The fourth-order valence-corrected chi connectivity index (χ4v) is 4.08. The summed E-state index contributed by atoms with van der Waals surface area (Å²) >= 11 is 0. The van der Waals surface area contributed by atoms with Gasteiger partial charge in [-0.1, -0.05) is 78.0 Å². The minimum Gasteiger partial charge on any atom is -0.251 e. The molecule has 0 aromatic rings. The third kappa shape index (κ3) is 2.96. The maximum atomic E-state index is 9.71. The topological polar surface area (TPSA) is 29.5 Å². The van der Waals surface area contributed by atoms with Crippen molar-refractivity contribution in [2.45, 2.75) is 47.1 Å². The minimum atomic E-state index is -0.613. The zero-order valence-electron chi connectivity index (χ0n) is 14.9. The monoisotopic (exact) mass is 304 g/mol. The standard InChI is InChI=1S/C20H32O2/c1-13-7-8-15(3)19(17(13)5)11-12-20(22-21)16(4)10-9-14(2)18(20)6/h7-19,21H,1-6H3. The lowest BCUT2D eigenvalue weighted by Gasteiger charge is -2.43. The van der Waals surface area contributed by atoms with Gasteiger partial charge in [-0.3, -0.25) is 5.26 Å². The highest BCUT2D eigenvalue weighted by Crippen LogP contribution is 2.42. The lowest BCUT2D eigenvalue weighted by molar-refractivity contribution is -0.333. The van der Waals surface area contributed by atoms with Gasteiger partial charge in [0, 0.05) is 5.92 Å². The molecule has 2 nitrogen and oxygen atoms in total. The van der Waals surface area contributed by atoms with Crippen LogP contribution in [0.5, 0.6) is 0 Å². The summed E-state index contributed by atoms with van der Waals surface area (Å²) in [4.78, 5) is 5.11. The molecule has 8 atom stereocenters. The predicted octanol–water partition coefficient (Wildman–Crippen LogP) is 5.34. The van der Waals surface area contributed by atoms with Crippen molar-refractivity contribution < 1.29 is 10.1 Å². The molecule has 0 fully saturated rings. The second-order valence-corrected chi connectivity index (χ2v) is 7.66. The number of allylic oxidation sites excluding steroid dienone is 4. The molecule has 2 aliphatic carbocycles. The Hall–Kier alpha value is -0.860. The minimum absolute atomic E-state index is 0.169. The lowest BCUT2D eigenvalue weighted by Crippen LogP contribution is -2.47. The molecule has 22 heavy (non-hydrogen) atoms.